The summed E-state index contributed by atoms with van der Waals surface area (Å²) in [5.41, 5.74) is 5.34. The summed E-state index contributed by atoms with van der Waals surface area (Å²) < 4.78 is 6.06. The second kappa shape index (κ2) is 11.1. The third kappa shape index (κ3) is 6.51. The van der Waals surface area contributed by atoms with E-state index in [1.807, 2.05) is 6.07 Å². The minimum Gasteiger partial charge on any atom is -0.489 e. The monoisotopic (exact) mass is 371 g/mol. The number of para-hydroxylation sites is 1. The van der Waals surface area contributed by atoms with Gasteiger partial charge in [-0.15, -0.1) is 12.4 Å². The molecule has 0 aliphatic heterocycles. The Labute approximate surface area is 164 Å². The van der Waals surface area contributed by atoms with Crippen LogP contribution in [0.1, 0.15) is 48.8 Å². The molecule has 140 valence electrons. The quantitative estimate of drug-likeness (QED) is 0.455. The van der Waals surface area contributed by atoms with Crippen LogP contribution in [0.15, 0.2) is 60.2 Å². The molecule has 26 heavy (non-hydrogen) atoms. The highest BCUT2D eigenvalue weighted by molar-refractivity contribution is 5.85. The summed E-state index contributed by atoms with van der Waals surface area (Å²) in [4.78, 5) is 0. The van der Waals surface area contributed by atoms with E-state index in [0.717, 1.165) is 18.8 Å². The van der Waals surface area contributed by atoms with Crippen LogP contribution < -0.4 is 10.1 Å². The molecule has 0 atom stereocenters. The van der Waals surface area contributed by atoms with Crippen LogP contribution in [-0.4, -0.2) is 6.54 Å². The number of benzene rings is 2. The Morgan fingerprint density at radius 2 is 1.81 bits per heavy atom. The van der Waals surface area contributed by atoms with Crippen molar-refractivity contribution in [3.63, 3.8) is 0 Å². The van der Waals surface area contributed by atoms with Crippen LogP contribution in [0.3, 0.4) is 0 Å². The lowest BCUT2D eigenvalue weighted by atomic mass is 9.97. The standard InChI is InChI=1S/C23H29NO.ClH/c1-19-11-13-21(14-12-19)18-25-23-10-6-5-9-22(23)17-24-16-15-20-7-3-2-4-8-20;/h5-7,9-14,24H,2-4,8,15-18H2,1H3;1H. The highest BCUT2D eigenvalue weighted by atomic mass is 35.5. The summed E-state index contributed by atoms with van der Waals surface area (Å²) in [6.07, 6.45) is 8.89. The zero-order chi connectivity index (χ0) is 17.3. The molecule has 0 unspecified atom stereocenters. The molecule has 3 heteroatoms. The fraction of sp³-hybridized carbons (Fsp3) is 0.391. The Morgan fingerprint density at radius 3 is 2.58 bits per heavy atom. The third-order valence-electron chi connectivity index (χ3n) is 4.81. The zero-order valence-corrected chi connectivity index (χ0v) is 16.5. The first-order chi connectivity index (χ1) is 12.3. The Kier molecular flexibility index (Phi) is 8.73. The molecule has 0 saturated heterocycles. The number of rotatable bonds is 8. The van der Waals surface area contributed by atoms with E-state index in [0.29, 0.717) is 6.61 Å². The predicted octanol–water partition coefficient (Wildman–Crippen LogP) is 5.98. The lowest BCUT2D eigenvalue weighted by Gasteiger charge is -2.14. The van der Waals surface area contributed by atoms with Gasteiger partial charge in [-0.1, -0.05) is 59.7 Å². The molecule has 0 aromatic heterocycles. The van der Waals surface area contributed by atoms with E-state index in [1.54, 1.807) is 5.57 Å². The molecule has 1 aliphatic carbocycles. The van der Waals surface area contributed by atoms with Crippen LogP contribution in [0.5, 0.6) is 5.75 Å². The van der Waals surface area contributed by atoms with Crippen LogP contribution in [0.4, 0.5) is 0 Å². The molecule has 0 spiro atoms. The molecule has 2 aromatic rings. The molecule has 1 N–H and O–H groups in total. The number of nitrogens with one attached hydrogen (secondary N) is 1. The number of ether oxygens (including phenoxy) is 1. The number of hydrogen-bond donors (Lipinski definition) is 1. The van der Waals surface area contributed by atoms with Crippen molar-refractivity contribution in [2.24, 2.45) is 0 Å². The summed E-state index contributed by atoms with van der Waals surface area (Å²) in [6.45, 7) is 4.62. The molecule has 2 aromatic carbocycles. The average molecular weight is 372 g/mol. The molecule has 0 saturated carbocycles. The van der Waals surface area contributed by atoms with Crippen LogP contribution in [-0.2, 0) is 13.2 Å². The van der Waals surface area contributed by atoms with Gasteiger partial charge >= 0.3 is 0 Å². The van der Waals surface area contributed by atoms with E-state index >= 15 is 0 Å². The van der Waals surface area contributed by atoms with Crippen molar-refractivity contribution in [3.05, 3.63) is 76.9 Å². The topological polar surface area (TPSA) is 21.3 Å². The summed E-state index contributed by atoms with van der Waals surface area (Å²) in [7, 11) is 0. The normalized spacial score (nSPS) is 13.7. The van der Waals surface area contributed by atoms with Crippen molar-refractivity contribution in [2.75, 3.05) is 6.54 Å². The van der Waals surface area contributed by atoms with Crippen molar-refractivity contribution >= 4 is 12.4 Å². The largest absolute Gasteiger partial charge is 0.489 e. The molecule has 2 nitrogen and oxygen atoms in total. The van der Waals surface area contributed by atoms with Gasteiger partial charge in [-0.25, -0.2) is 0 Å². The second-order valence-electron chi connectivity index (χ2n) is 6.92. The Balaban J connectivity index is 0.00000243. The van der Waals surface area contributed by atoms with Crippen LogP contribution in [0.2, 0.25) is 0 Å². The van der Waals surface area contributed by atoms with Gasteiger partial charge in [0.15, 0.2) is 0 Å². The predicted molar refractivity (Wildman–Crippen MR) is 112 cm³/mol. The molecule has 3 rings (SSSR count). The molecule has 0 radical (unpaired) electrons. The molecular weight excluding hydrogens is 342 g/mol. The van der Waals surface area contributed by atoms with E-state index in [4.69, 9.17) is 4.74 Å². The first-order valence-corrected chi connectivity index (χ1v) is 9.46. The molecule has 0 fully saturated rings. The third-order valence-corrected chi connectivity index (χ3v) is 4.81. The van der Waals surface area contributed by atoms with Crippen LogP contribution in [0, 0.1) is 6.92 Å². The van der Waals surface area contributed by atoms with Crippen molar-refractivity contribution < 1.29 is 4.74 Å². The lowest BCUT2D eigenvalue weighted by molar-refractivity contribution is 0.302. The Morgan fingerprint density at radius 1 is 1.00 bits per heavy atom. The number of hydrogen-bond acceptors (Lipinski definition) is 2. The molecule has 0 heterocycles. The van der Waals surface area contributed by atoms with E-state index < -0.39 is 0 Å². The summed E-state index contributed by atoms with van der Waals surface area (Å²) >= 11 is 0. The first-order valence-electron chi connectivity index (χ1n) is 9.46. The zero-order valence-electron chi connectivity index (χ0n) is 15.7. The van der Waals surface area contributed by atoms with Crippen LogP contribution >= 0.6 is 12.4 Å². The van der Waals surface area contributed by atoms with Gasteiger partial charge in [-0.05, 0) is 57.2 Å². The van der Waals surface area contributed by atoms with E-state index in [2.05, 4.69) is 60.8 Å². The highest BCUT2D eigenvalue weighted by Crippen LogP contribution is 2.21. The van der Waals surface area contributed by atoms with Crippen LogP contribution in [0.25, 0.3) is 0 Å². The molecule has 0 amide bonds. The van der Waals surface area contributed by atoms with E-state index in [9.17, 15) is 0 Å². The van der Waals surface area contributed by atoms with Gasteiger partial charge in [0.05, 0.1) is 0 Å². The number of aryl methyl sites for hydroxylation is 1. The van der Waals surface area contributed by atoms with Crippen molar-refractivity contribution in [2.45, 2.75) is 52.2 Å². The first kappa shape index (κ1) is 20.5. The second-order valence-corrected chi connectivity index (χ2v) is 6.92. The number of allylic oxidation sites excluding steroid dienone is 1. The van der Waals surface area contributed by atoms with Gasteiger partial charge in [0.2, 0.25) is 0 Å². The molecular formula is C23H30ClNO. The SMILES string of the molecule is Cc1ccc(COc2ccccc2CNCCC2=CCCCC2)cc1.Cl. The van der Waals surface area contributed by atoms with Crippen molar-refractivity contribution in [1.82, 2.24) is 5.32 Å². The van der Waals surface area contributed by atoms with Gasteiger partial charge < -0.3 is 10.1 Å². The van der Waals surface area contributed by atoms with Gasteiger partial charge in [-0.3, -0.25) is 0 Å². The minimum absolute atomic E-state index is 0. The maximum Gasteiger partial charge on any atom is 0.124 e. The lowest BCUT2D eigenvalue weighted by Crippen LogP contribution is -2.16. The van der Waals surface area contributed by atoms with E-state index in [1.165, 1.54) is 48.8 Å². The van der Waals surface area contributed by atoms with Gasteiger partial charge in [0.1, 0.15) is 12.4 Å². The van der Waals surface area contributed by atoms with Gasteiger partial charge in [-0.2, -0.15) is 0 Å². The molecule has 0 bridgehead atoms. The van der Waals surface area contributed by atoms with Gasteiger partial charge in [0, 0.05) is 12.1 Å². The minimum atomic E-state index is 0. The van der Waals surface area contributed by atoms with Crippen molar-refractivity contribution in [3.8, 4) is 5.75 Å². The maximum absolute atomic E-state index is 6.06. The Hall–Kier alpha value is -1.77. The summed E-state index contributed by atoms with van der Waals surface area (Å²) in [5, 5.41) is 3.57. The summed E-state index contributed by atoms with van der Waals surface area (Å²) in [5.74, 6) is 0.979. The fourth-order valence-electron chi connectivity index (χ4n) is 3.24. The van der Waals surface area contributed by atoms with E-state index in [-0.39, 0.29) is 12.4 Å². The average Bonchev–Trinajstić information content (AvgIpc) is 2.66. The Bertz CT molecular complexity index is 694. The fourth-order valence-corrected chi connectivity index (χ4v) is 3.24. The van der Waals surface area contributed by atoms with Crippen molar-refractivity contribution in [1.29, 1.82) is 0 Å². The molecule has 1 aliphatic rings. The smallest absolute Gasteiger partial charge is 0.124 e. The maximum atomic E-state index is 6.06. The highest BCUT2D eigenvalue weighted by Gasteiger charge is 2.05. The van der Waals surface area contributed by atoms with Gasteiger partial charge in [0.25, 0.3) is 0 Å². The number of halogens is 1. The summed E-state index contributed by atoms with van der Waals surface area (Å²) in [6, 6.07) is 16.9.